The molecular weight excluding hydrogens is 286 g/mol. The van der Waals surface area contributed by atoms with Gasteiger partial charge in [0.05, 0.1) is 20.3 Å². The number of carbonyl (C=O) groups is 3. The molecule has 0 saturated heterocycles. The number of benzene rings is 1. The summed E-state index contributed by atoms with van der Waals surface area (Å²) in [4.78, 5) is 36.5. The summed E-state index contributed by atoms with van der Waals surface area (Å²) in [7, 11) is 4.03. The summed E-state index contributed by atoms with van der Waals surface area (Å²) in [6, 6.07) is 8.86. The second-order valence-corrected chi connectivity index (χ2v) is 4.51. The molecule has 0 N–H and O–H groups in total. The highest BCUT2D eigenvalue weighted by Crippen LogP contribution is 2.08. The Hall–Kier alpha value is -2.63. The van der Waals surface area contributed by atoms with Gasteiger partial charge in [0.25, 0.3) is 0 Å². The summed E-state index contributed by atoms with van der Waals surface area (Å²) < 4.78 is 9.13. The van der Waals surface area contributed by atoms with Gasteiger partial charge in [-0.3, -0.25) is 4.79 Å². The highest BCUT2D eigenvalue weighted by molar-refractivity contribution is 5.97. The van der Waals surface area contributed by atoms with E-state index < -0.39 is 11.9 Å². The molecule has 0 saturated carbocycles. The lowest BCUT2D eigenvalue weighted by Crippen LogP contribution is -2.28. The van der Waals surface area contributed by atoms with Crippen molar-refractivity contribution in [1.29, 1.82) is 0 Å². The van der Waals surface area contributed by atoms with E-state index >= 15 is 0 Å². The van der Waals surface area contributed by atoms with Crippen molar-refractivity contribution in [3.63, 3.8) is 0 Å². The van der Waals surface area contributed by atoms with Crippen LogP contribution in [0.15, 0.2) is 42.1 Å². The fraction of sp³-hybridized carbons (Fsp3) is 0.312. The van der Waals surface area contributed by atoms with Crippen molar-refractivity contribution in [2.24, 2.45) is 0 Å². The summed E-state index contributed by atoms with van der Waals surface area (Å²) >= 11 is 0. The number of ketones is 1. The Morgan fingerprint density at radius 2 is 1.73 bits per heavy atom. The van der Waals surface area contributed by atoms with Gasteiger partial charge in [0.15, 0.2) is 5.78 Å². The minimum absolute atomic E-state index is 0.0372. The van der Waals surface area contributed by atoms with Crippen LogP contribution >= 0.6 is 0 Å². The van der Waals surface area contributed by atoms with Crippen LogP contribution in [0.3, 0.4) is 0 Å². The molecule has 0 radical (unpaired) electrons. The topological polar surface area (TPSA) is 72.9 Å². The Morgan fingerprint density at radius 3 is 2.27 bits per heavy atom. The van der Waals surface area contributed by atoms with Crippen molar-refractivity contribution in [2.45, 2.75) is 6.42 Å². The molecule has 0 bridgehead atoms. The average Bonchev–Trinajstić information content (AvgIpc) is 2.56. The van der Waals surface area contributed by atoms with Crippen LogP contribution in [-0.2, 0) is 19.1 Å². The molecule has 0 amide bonds. The average molecular weight is 305 g/mol. The van der Waals surface area contributed by atoms with Gasteiger partial charge < -0.3 is 14.4 Å². The molecule has 0 aliphatic heterocycles. The molecule has 0 aromatic heterocycles. The predicted octanol–water partition coefficient (Wildman–Crippen LogP) is 1.42. The van der Waals surface area contributed by atoms with Crippen LogP contribution in [0.5, 0.6) is 0 Å². The van der Waals surface area contributed by atoms with Crippen molar-refractivity contribution in [3.05, 3.63) is 47.7 Å². The Bertz CT molecular complexity index is 565. The first kappa shape index (κ1) is 17.4. The van der Waals surface area contributed by atoms with E-state index in [2.05, 4.69) is 9.47 Å². The van der Waals surface area contributed by atoms with Crippen molar-refractivity contribution < 1.29 is 23.9 Å². The molecule has 6 heteroatoms. The molecule has 1 aromatic carbocycles. The van der Waals surface area contributed by atoms with Crippen LogP contribution in [0.4, 0.5) is 0 Å². The SMILES string of the molecule is COC(=O)/C=C(/C(=O)OC)N(C)CCC(=O)c1ccccc1. The maximum atomic E-state index is 12.0. The first-order chi connectivity index (χ1) is 10.5. The summed E-state index contributed by atoms with van der Waals surface area (Å²) in [6.07, 6.45) is 1.24. The summed E-state index contributed by atoms with van der Waals surface area (Å²) in [5.41, 5.74) is 0.641. The predicted molar refractivity (Wildman–Crippen MR) is 80.1 cm³/mol. The molecule has 1 rings (SSSR count). The number of ether oxygens (including phenoxy) is 2. The minimum Gasteiger partial charge on any atom is -0.466 e. The second-order valence-electron chi connectivity index (χ2n) is 4.51. The van der Waals surface area contributed by atoms with Gasteiger partial charge in [-0.15, -0.1) is 0 Å². The van der Waals surface area contributed by atoms with Crippen molar-refractivity contribution >= 4 is 17.7 Å². The van der Waals surface area contributed by atoms with E-state index in [1.165, 1.54) is 19.1 Å². The smallest absolute Gasteiger partial charge is 0.354 e. The van der Waals surface area contributed by atoms with Crippen molar-refractivity contribution in [1.82, 2.24) is 4.90 Å². The number of nitrogens with zero attached hydrogens (tertiary/aromatic N) is 1. The molecule has 0 heterocycles. The molecule has 22 heavy (non-hydrogen) atoms. The van der Waals surface area contributed by atoms with Crippen LogP contribution in [0.1, 0.15) is 16.8 Å². The quantitative estimate of drug-likeness (QED) is 0.431. The highest BCUT2D eigenvalue weighted by Gasteiger charge is 2.18. The third kappa shape index (κ3) is 5.05. The van der Waals surface area contributed by atoms with E-state index in [4.69, 9.17) is 0 Å². The summed E-state index contributed by atoms with van der Waals surface area (Å²) in [6.45, 7) is 0.269. The van der Waals surface area contributed by atoms with Gasteiger partial charge in [-0.05, 0) is 0 Å². The summed E-state index contributed by atoms with van der Waals surface area (Å²) in [5, 5.41) is 0. The monoisotopic (exact) mass is 305 g/mol. The first-order valence-corrected chi connectivity index (χ1v) is 6.67. The van der Waals surface area contributed by atoms with E-state index in [9.17, 15) is 14.4 Å². The van der Waals surface area contributed by atoms with Crippen LogP contribution < -0.4 is 0 Å². The van der Waals surface area contributed by atoms with E-state index in [1.54, 1.807) is 31.3 Å². The van der Waals surface area contributed by atoms with Gasteiger partial charge in [-0.1, -0.05) is 30.3 Å². The number of hydrogen-bond acceptors (Lipinski definition) is 6. The fourth-order valence-corrected chi connectivity index (χ4v) is 1.76. The van der Waals surface area contributed by atoms with Crippen molar-refractivity contribution in [2.75, 3.05) is 27.8 Å². The molecule has 0 atom stereocenters. The van der Waals surface area contributed by atoms with Crippen molar-refractivity contribution in [3.8, 4) is 0 Å². The van der Waals surface area contributed by atoms with Gasteiger partial charge in [0.2, 0.25) is 0 Å². The number of Topliss-reactive ketones (excluding diaryl/α,β-unsaturated/α-hetero) is 1. The largest absolute Gasteiger partial charge is 0.466 e. The van der Waals surface area contributed by atoms with Gasteiger partial charge in [-0.2, -0.15) is 0 Å². The molecule has 118 valence electrons. The number of rotatable bonds is 7. The van der Waals surface area contributed by atoms with E-state index in [-0.39, 0.29) is 24.4 Å². The zero-order valence-electron chi connectivity index (χ0n) is 12.9. The third-order valence-electron chi connectivity index (χ3n) is 3.03. The lowest BCUT2D eigenvalue weighted by molar-refractivity contribution is -0.139. The Kier molecular flexibility index (Phi) is 6.82. The molecule has 0 spiro atoms. The van der Waals surface area contributed by atoms with Gasteiger partial charge >= 0.3 is 11.9 Å². The molecule has 0 aliphatic carbocycles. The molecular formula is C16H19NO5. The first-order valence-electron chi connectivity index (χ1n) is 6.67. The molecule has 0 fully saturated rings. The molecule has 1 aromatic rings. The van der Waals surface area contributed by atoms with E-state index in [0.717, 1.165) is 6.08 Å². The molecule has 0 unspecified atom stereocenters. The summed E-state index contributed by atoms with van der Waals surface area (Å²) in [5.74, 6) is -1.38. The highest BCUT2D eigenvalue weighted by atomic mass is 16.5. The lowest BCUT2D eigenvalue weighted by atomic mass is 10.1. The number of esters is 2. The number of hydrogen-bond donors (Lipinski definition) is 0. The van der Waals surface area contributed by atoms with E-state index in [0.29, 0.717) is 5.56 Å². The van der Waals surface area contributed by atoms with Gasteiger partial charge in [0.1, 0.15) is 5.70 Å². The fourth-order valence-electron chi connectivity index (χ4n) is 1.76. The Labute approximate surface area is 129 Å². The normalized spacial score (nSPS) is 10.8. The number of carbonyl (C=O) groups excluding carboxylic acids is 3. The molecule has 0 aliphatic rings. The maximum Gasteiger partial charge on any atom is 0.354 e. The number of methoxy groups -OCH3 is 2. The number of likely N-dealkylation sites (N-methyl/N-ethyl adjacent to an activating group) is 1. The zero-order chi connectivity index (χ0) is 16.5. The lowest BCUT2D eigenvalue weighted by Gasteiger charge is -2.20. The standard InChI is InChI=1S/C16H19NO5/c1-17(13(16(20)22-3)11-15(19)21-2)10-9-14(18)12-7-5-4-6-8-12/h4-8,11H,9-10H2,1-3H3/b13-11-. The Morgan fingerprint density at radius 1 is 1.09 bits per heavy atom. The second kappa shape index (κ2) is 8.61. The van der Waals surface area contributed by atoms with Crippen LogP contribution in [-0.4, -0.2) is 50.4 Å². The van der Waals surface area contributed by atoms with Crippen LogP contribution in [0.25, 0.3) is 0 Å². The molecule has 6 nitrogen and oxygen atoms in total. The van der Waals surface area contributed by atoms with Crippen LogP contribution in [0, 0.1) is 0 Å². The zero-order valence-corrected chi connectivity index (χ0v) is 12.9. The van der Waals surface area contributed by atoms with E-state index in [1.807, 2.05) is 6.07 Å². The van der Waals surface area contributed by atoms with Crippen LogP contribution in [0.2, 0.25) is 0 Å². The minimum atomic E-state index is -0.667. The van der Waals surface area contributed by atoms with Gasteiger partial charge in [0, 0.05) is 25.6 Å². The Balaban J connectivity index is 2.73. The third-order valence-corrected chi connectivity index (χ3v) is 3.03. The van der Waals surface area contributed by atoms with Gasteiger partial charge in [-0.25, -0.2) is 9.59 Å². The maximum absolute atomic E-state index is 12.0.